The van der Waals surface area contributed by atoms with E-state index in [1.165, 1.54) is 17.0 Å². The maximum Gasteiger partial charge on any atom is 0.418 e. The number of nitrogens with one attached hydrogen (secondary N) is 2. The topological polar surface area (TPSA) is 98.8 Å². The second kappa shape index (κ2) is 9.80. The van der Waals surface area contributed by atoms with Crippen molar-refractivity contribution in [1.29, 1.82) is 0 Å². The van der Waals surface area contributed by atoms with Crippen LogP contribution in [0.15, 0.2) is 24.3 Å². The lowest BCUT2D eigenvalue weighted by atomic mass is 9.98. The zero-order chi connectivity index (χ0) is 24.2. The Bertz CT molecular complexity index is 928. The molecular weight excluding hydrogens is 441 g/mol. The molecule has 1 spiro atoms. The Morgan fingerprint density at radius 3 is 2.48 bits per heavy atom. The van der Waals surface area contributed by atoms with Crippen molar-refractivity contribution >= 4 is 29.4 Å². The van der Waals surface area contributed by atoms with Gasteiger partial charge in [0.25, 0.3) is 5.91 Å². The number of imide groups is 1. The number of halogens is 3. The number of benzene rings is 1. The van der Waals surface area contributed by atoms with Gasteiger partial charge in [-0.1, -0.05) is 25.0 Å². The summed E-state index contributed by atoms with van der Waals surface area (Å²) in [6.07, 6.45) is -1.43. The first-order chi connectivity index (χ1) is 15.6. The van der Waals surface area contributed by atoms with Gasteiger partial charge in [-0.05, 0) is 38.3 Å². The number of amides is 5. The van der Waals surface area contributed by atoms with Crippen LogP contribution >= 0.6 is 0 Å². The molecule has 1 aliphatic carbocycles. The van der Waals surface area contributed by atoms with E-state index < -0.39 is 35.8 Å². The predicted octanol–water partition coefficient (Wildman–Crippen LogP) is 3.14. The first kappa shape index (κ1) is 24.5. The molecule has 1 aliphatic heterocycles. The normalized spacial score (nSPS) is 17.4. The molecule has 33 heavy (non-hydrogen) atoms. The van der Waals surface area contributed by atoms with Crippen molar-refractivity contribution in [3.8, 4) is 0 Å². The van der Waals surface area contributed by atoms with Crippen LogP contribution in [0.25, 0.3) is 0 Å². The van der Waals surface area contributed by atoms with Crippen LogP contribution in [0.2, 0.25) is 0 Å². The summed E-state index contributed by atoms with van der Waals surface area (Å²) in [5, 5.41) is 4.99. The number of para-hydroxylation sites is 1. The van der Waals surface area contributed by atoms with Crippen molar-refractivity contribution in [2.24, 2.45) is 0 Å². The summed E-state index contributed by atoms with van der Waals surface area (Å²) >= 11 is 0. The van der Waals surface area contributed by atoms with Crippen LogP contribution in [0.1, 0.15) is 51.0 Å². The number of nitrogens with zero attached hydrogens (tertiary/aromatic N) is 2. The second-order valence-electron chi connectivity index (χ2n) is 8.28. The Morgan fingerprint density at radius 2 is 1.85 bits per heavy atom. The van der Waals surface area contributed by atoms with Gasteiger partial charge in [0.15, 0.2) is 0 Å². The van der Waals surface area contributed by atoms with E-state index in [1.54, 1.807) is 6.92 Å². The van der Waals surface area contributed by atoms with Crippen molar-refractivity contribution in [3.05, 3.63) is 29.8 Å². The number of hydrogen-bond donors (Lipinski definition) is 2. The van der Waals surface area contributed by atoms with Crippen LogP contribution in [0, 0.1) is 0 Å². The Balaban J connectivity index is 1.51. The van der Waals surface area contributed by atoms with Crippen molar-refractivity contribution in [2.45, 2.75) is 57.2 Å². The second-order valence-corrected chi connectivity index (χ2v) is 8.28. The lowest BCUT2D eigenvalue weighted by Crippen LogP contribution is -2.44. The summed E-state index contributed by atoms with van der Waals surface area (Å²) in [5.74, 6) is -1.40. The molecule has 0 radical (unpaired) electrons. The highest BCUT2D eigenvalue weighted by atomic mass is 19.4. The quantitative estimate of drug-likeness (QED) is 0.573. The Labute approximate surface area is 189 Å². The first-order valence-corrected chi connectivity index (χ1v) is 11.0. The third kappa shape index (κ3) is 5.45. The number of rotatable bonds is 8. The highest BCUT2D eigenvalue weighted by molar-refractivity contribution is 6.07. The number of hydrogen-bond acceptors (Lipinski definition) is 4. The van der Waals surface area contributed by atoms with Crippen LogP contribution in [0.4, 0.5) is 23.7 Å². The Kier molecular flexibility index (Phi) is 7.28. The van der Waals surface area contributed by atoms with Crippen LogP contribution in [0.3, 0.4) is 0 Å². The van der Waals surface area contributed by atoms with Gasteiger partial charge in [0.1, 0.15) is 5.54 Å². The van der Waals surface area contributed by atoms with E-state index >= 15 is 0 Å². The molecule has 0 aromatic heterocycles. The molecule has 0 unspecified atom stereocenters. The largest absolute Gasteiger partial charge is 0.418 e. The molecule has 1 saturated carbocycles. The van der Waals surface area contributed by atoms with Crippen LogP contribution in [-0.4, -0.2) is 58.7 Å². The third-order valence-corrected chi connectivity index (χ3v) is 6.05. The summed E-state index contributed by atoms with van der Waals surface area (Å²) in [6, 6.07) is 4.15. The SMILES string of the molecule is CCN(CC(=O)Nc1ccccc1C(F)(F)F)C(=O)CCCN1C(=O)NC2(CCCC2)C1=O. The summed E-state index contributed by atoms with van der Waals surface area (Å²) in [4.78, 5) is 52.0. The fourth-order valence-corrected chi connectivity index (χ4v) is 4.32. The lowest BCUT2D eigenvalue weighted by Gasteiger charge is -2.22. The monoisotopic (exact) mass is 468 g/mol. The molecule has 5 amide bonds. The van der Waals surface area contributed by atoms with Gasteiger partial charge in [0.2, 0.25) is 11.8 Å². The third-order valence-electron chi connectivity index (χ3n) is 6.05. The number of carbonyl (C=O) groups is 4. The number of alkyl halides is 3. The molecule has 2 N–H and O–H groups in total. The maximum atomic E-state index is 13.1. The zero-order valence-corrected chi connectivity index (χ0v) is 18.3. The van der Waals surface area contributed by atoms with E-state index in [0.717, 1.165) is 29.9 Å². The predicted molar refractivity (Wildman–Crippen MR) is 113 cm³/mol. The number of carbonyl (C=O) groups excluding carboxylic acids is 4. The molecule has 3 rings (SSSR count). The summed E-state index contributed by atoms with van der Waals surface area (Å²) < 4.78 is 39.3. The minimum atomic E-state index is -4.62. The van der Waals surface area contributed by atoms with Gasteiger partial charge in [-0.25, -0.2) is 4.79 Å². The number of likely N-dealkylation sites (N-methyl/N-ethyl adjacent to an activating group) is 1. The molecule has 2 aliphatic rings. The van der Waals surface area contributed by atoms with Gasteiger partial charge in [0, 0.05) is 19.5 Å². The maximum absolute atomic E-state index is 13.1. The smallest absolute Gasteiger partial charge is 0.334 e. The minimum Gasteiger partial charge on any atom is -0.334 e. The van der Waals surface area contributed by atoms with Gasteiger partial charge >= 0.3 is 12.2 Å². The molecule has 0 bridgehead atoms. The molecule has 1 aromatic rings. The minimum absolute atomic E-state index is 0.00961. The number of anilines is 1. The summed E-state index contributed by atoms with van der Waals surface area (Å²) in [7, 11) is 0. The average Bonchev–Trinajstić information content (AvgIpc) is 3.31. The molecule has 1 aromatic carbocycles. The number of urea groups is 1. The molecule has 11 heteroatoms. The van der Waals surface area contributed by atoms with E-state index in [2.05, 4.69) is 10.6 Å². The molecule has 180 valence electrons. The van der Waals surface area contributed by atoms with Gasteiger partial charge in [0.05, 0.1) is 17.8 Å². The molecule has 0 atom stereocenters. The van der Waals surface area contributed by atoms with Crippen LogP contribution in [0.5, 0.6) is 0 Å². The van der Waals surface area contributed by atoms with Gasteiger partial charge in [-0.3, -0.25) is 19.3 Å². The van der Waals surface area contributed by atoms with Gasteiger partial charge < -0.3 is 15.5 Å². The van der Waals surface area contributed by atoms with E-state index in [4.69, 9.17) is 0 Å². The standard InChI is InChI=1S/C22H27F3N4O4/c1-2-28(14-17(30)26-16-9-4-3-8-15(16)22(23,24)25)18(31)10-7-13-29-19(32)21(27-20(29)33)11-5-6-12-21/h3-4,8-9H,2,5-7,10-14H2,1H3,(H,26,30)(H,27,33). The van der Waals surface area contributed by atoms with Gasteiger partial charge in [-0.15, -0.1) is 0 Å². The van der Waals surface area contributed by atoms with Crippen LogP contribution < -0.4 is 10.6 Å². The zero-order valence-electron chi connectivity index (χ0n) is 18.3. The van der Waals surface area contributed by atoms with Crippen molar-refractivity contribution < 1.29 is 32.3 Å². The molecule has 2 fully saturated rings. The first-order valence-electron chi connectivity index (χ1n) is 11.0. The summed E-state index contributed by atoms with van der Waals surface area (Å²) in [5.41, 5.74) is -2.15. The van der Waals surface area contributed by atoms with Crippen LogP contribution in [-0.2, 0) is 20.6 Å². The molecular formula is C22H27F3N4O4. The lowest BCUT2D eigenvalue weighted by molar-refractivity contribution is -0.137. The highest BCUT2D eigenvalue weighted by Crippen LogP contribution is 2.35. The van der Waals surface area contributed by atoms with E-state index in [1.807, 2.05) is 0 Å². The summed E-state index contributed by atoms with van der Waals surface area (Å²) in [6.45, 7) is 1.50. The average molecular weight is 468 g/mol. The fraction of sp³-hybridized carbons (Fsp3) is 0.545. The van der Waals surface area contributed by atoms with E-state index in [-0.39, 0.29) is 43.4 Å². The molecule has 1 heterocycles. The van der Waals surface area contributed by atoms with E-state index in [9.17, 15) is 32.3 Å². The Hall–Kier alpha value is -3.11. The highest BCUT2D eigenvalue weighted by Gasteiger charge is 2.52. The fourth-order valence-electron chi connectivity index (χ4n) is 4.32. The van der Waals surface area contributed by atoms with Crippen molar-refractivity contribution in [2.75, 3.05) is 25.0 Å². The molecule has 1 saturated heterocycles. The van der Waals surface area contributed by atoms with E-state index in [0.29, 0.717) is 12.8 Å². The van der Waals surface area contributed by atoms with Gasteiger partial charge in [-0.2, -0.15) is 13.2 Å². The van der Waals surface area contributed by atoms with Crippen molar-refractivity contribution in [3.63, 3.8) is 0 Å². The Morgan fingerprint density at radius 1 is 1.18 bits per heavy atom. The van der Waals surface area contributed by atoms with Crippen molar-refractivity contribution in [1.82, 2.24) is 15.1 Å². The molecule has 8 nitrogen and oxygen atoms in total.